The van der Waals surface area contributed by atoms with E-state index < -0.39 is 5.97 Å². The molecule has 1 aromatic heterocycles. The van der Waals surface area contributed by atoms with E-state index in [2.05, 4.69) is 17.2 Å². The molecule has 21 heavy (non-hydrogen) atoms. The van der Waals surface area contributed by atoms with Crippen molar-refractivity contribution in [2.45, 2.75) is 13.0 Å². The molecule has 1 aromatic carbocycles. The van der Waals surface area contributed by atoms with E-state index in [1.165, 1.54) is 6.07 Å². The van der Waals surface area contributed by atoms with Crippen molar-refractivity contribution in [3.8, 4) is 5.75 Å². The van der Waals surface area contributed by atoms with E-state index in [0.717, 1.165) is 5.56 Å². The number of benzene rings is 1. The standard InChI is InChI=1S/C16H18N2O3/c1-12(13-6-8-17-9-7-13)18-10-11-21-15-5-3-2-4-14(15)16(19)20/h2-9,12,18H,10-11H2,1H3,(H,19,20)/t12-/m0/s1. The Morgan fingerprint density at radius 3 is 2.71 bits per heavy atom. The minimum Gasteiger partial charge on any atom is -0.491 e. The van der Waals surface area contributed by atoms with E-state index in [0.29, 0.717) is 18.9 Å². The number of carbonyl (C=O) groups is 1. The van der Waals surface area contributed by atoms with Crippen molar-refractivity contribution < 1.29 is 14.6 Å². The van der Waals surface area contributed by atoms with E-state index in [1.54, 1.807) is 30.6 Å². The second-order valence-electron chi connectivity index (χ2n) is 4.61. The van der Waals surface area contributed by atoms with Gasteiger partial charge in [0.2, 0.25) is 0 Å². The van der Waals surface area contributed by atoms with Gasteiger partial charge in [-0.2, -0.15) is 0 Å². The molecular weight excluding hydrogens is 268 g/mol. The summed E-state index contributed by atoms with van der Waals surface area (Å²) in [5, 5.41) is 12.4. The van der Waals surface area contributed by atoms with Crippen LogP contribution in [0.4, 0.5) is 0 Å². The van der Waals surface area contributed by atoms with Gasteiger partial charge in [-0.25, -0.2) is 4.79 Å². The number of para-hydroxylation sites is 1. The Balaban J connectivity index is 1.81. The van der Waals surface area contributed by atoms with Crippen LogP contribution in [0, 0.1) is 0 Å². The largest absolute Gasteiger partial charge is 0.491 e. The Bertz CT molecular complexity index is 587. The third kappa shape index (κ3) is 4.29. The van der Waals surface area contributed by atoms with Crippen molar-refractivity contribution in [3.63, 3.8) is 0 Å². The van der Waals surface area contributed by atoms with Gasteiger partial charge in [0.25, 0.3) is 0 Å². The first kappa shape index (κ1) is 15.0. The van der Waals surface area contributed by atoms with Crippen LogP contribution in [0.1, 0.15) is 28.9 Å². The smallest absolute Gasteiger partial charge is 0.339 e. The van der Waals surface area contributed by atoms with Gasteiger partial charge in [-0.3, -0.25) is 4.98 Å². The van der Waals surface area contributed by atoms with E-state index in [1.807, 2.05) is 12.1 Å². The molecule has 2 N–H and O–H groups in total. The number of aromatic carboxylic acids is 1. The highest BCUT2D eigenvalue weighted by molar-refractivity contribution is 5.90. The lowest BCUT2D eigenvalue weighted by molar-refractivity contribution is 0.0692. The Labute approximate surface area is 123 Å². The summed E-state index contributed by atoms with van der Waals surface area (Å²) in [5.41, 5.74) is 1.33. The lowest BCUT2D eigenvalue weighted by Crippen LogP contribution is -2.24. The first-order valence-corrected chi connectivity index (χ1v) is 6.77. The van der Waals surface area contributed by atoms with Crippen molar-refractivity contribution in [2.24, 2.45) is 0 Å². The van der Waals surface area contributed by atoms with Crippen LogP contribution in [-0.4, -0.2) is 29.2 Å². The molecule has 110 valence electrons. The number of nitrogens with one attached hydrogen (secondary N) is 1. The molecule has 0 saturated carbocycles. The Morgan fingerprint density at radius 2 is 2.00 bits per heavy atom. The summed E-state index contributed by atoms with van der Waals surface area (Å²) in [6, 6.07) is 10.7. The zero-order chi connectivity index (χ0) is 15.1. The molecule has 5 nitrogen and oxygen atoms in total. The summed E-state index contributed by atoms with van der Waals surface area (Å²) in [5.74, 6) is -0.591. The molecular formula is C16H18N2O3. The summed E-state index contributed by atoms with van der Waals surface area (Å²) in [6.45, 7) is 3.08. The second kappa shape index (κ2) is 7.40. The molecule has 0 fully saturated rings. The van der Waals surface area contributed by atoms with Crippen LogP contribution in [0.15, 0.2) is 48.8 Å². The molecule has 0 amide bonds. The molecule has 5 heteroatoms. The van der Waals surface area contributed by atoms with Crippen LogP contribution in [0.25, 0.3) is 0 Å². The highest BCUT2D eigenvalue weighted by Gasteiger charge is 2.10. The van der Waals surface area contributed by atoms with Crippen molar-refractivity contribution in [3.05, 3.63) is 59.9 Å². The molecule has 0 aliphatic rings. The fourth-order valence-electron chi connectivity index (χ4n) is 1.98. The number of hydrogen-bond donors (Lipinski definition) is 2. The summed E-state index contributed by atoms with van der Waals surface area (Å²) in [7, 11) is 0. The van der Waals surface area contributed by atoms with Gasteiger partial charge in [0.05, 0.1) is 0 Å². The monoisotopic (exact) mass is 286 g/mol. The lowest BCUT2D eigenvalue weighted by atomic mass is 10.1. The number of rotatable bonds is 7. The quantitative estimate of drug-likeness (QED) is 0.765. The SMILES string of the molecule is C[C@H](NCCOc1ccccc1C(=O)O)c1ccncc1. The van der Waals surface area contributed by atoms with E-state index in [9.17, 15) is 4.79 Å². The number of carboxylic acid groups (broad SMARTS) is 1. The molecule has 2 rings (SSSR count). The van der Waals surface area contributed by atoms with Gasteiger partial charge in [0.1, 0.15) is 17.9 Å². The first-order valence-electron chi connectivity index (χ1n) is 6.77. The van der Waals surface area contributed by atoms with Crippen molar-refractivity contribution in [1.29, 1.82) is 0 Å². The van der Waals surface area contributed by atoms with Crippen LogP contribution in [0.3, 0.4) is 0 Å². The third-order valence-electron chi connectivity index (χ3n) is 3.13. The molecule has 0 saturated heterocycles. The van der Waals surface area contributed by atoms with Crippen molar-refractivity contribution >= 4 is 5.97 Å². The number of hydrogen-bond acceptors (Lipinski definition) is 4. The maximum Gasteiger partial charge on any atom is 0.339 e. The van der Waals surface area contributed by atoms with Crippen molar-refractivity contribution in [1.82, 2.24) is 10.3 Å². The third-order valence-corrected chi connectivity index (χ3v) is 3.13. The van der Waals surface area contributed by atoms with Gasteiger partial charge in [0, 0.05) is 25.0 Å². The Hall–Kier alpha value is -2.40. The number of pyridine rings is 1. The molecule has 0 bridgehead atoms. The number of carboxylic acids is 1. The summed E-state index contributed by atoms with van der Waals surface area (Å²) in [4.78, 5) is 15.0. The average molecular weight is 286 g/mol. The molecule has 1 atom stereocenters. The van der Waals surface area contributed by atoms with Crippen LogP contribution in [0.5, 0.6) is 5.75 Å². The summed E-state index contributed by atoms with van der Waals surface area (Å²) < 4.78 is 5.53. The highest BCUT2D eigenvalue weighted by atomic mass is 16.5. The zero-order valence-electron chi connectivity index (χ0n) is 11.8. The normalized spacial score (nSPS) is 11.9. The number of nitrogens with zero attached hydrogens (tertiary/aromatic N) is 1. The molecule has 0 aliphatic heterocycles. The zero-order valence-corrected chi connectivity index (χ0v) is 11.8. The second-order valence-corrected chi connectivity index (χ2v) is 4.61. The summed E-state index contributed by atoms with van der Waals surface area (Å²) >= 11 is 0. The van der Waals surface area contributed by atoms with Crippen LogP contribution in [0.2, 0.25) is 0 Å². The van der Waals surface area contributed by atoms with Gasteiger partial charge >= 0.3 is 5.97 Å². The maximum atomic E-state index is 11.0. The number of aromatic nitrogens is 1. The van der Waals surface area contributed by atoms with Gasteiger partial charge in [-0.15, -0.1) is 0 Å². The Morgan fingerprint density at radius 1 is 1.29 bits per heavy atom. The van der Waals surface area contributed by atoms with E-state index in [-0.39, 0.29) is 11.6 Å². The van der Waals surface area contributed by atoms with E-state index >= 15 is 0 Å². The molecule has 0 unspecified atom stereocenters. The average Bonchev–Trinajstić information content (AvgIpc) is 2.52. The van der Waals surface area contributed by atoms with Crippen LogP contribution >= 0.6 is 0 Å². The minimum absolute atomic E-state index is 0.180. The maximum absolute atomic E-state index is 11.0. The van der Waals surface area contributed by atoms with Gasteiger partial charge in [0.15, 0.2) is 0 Å². The first-order chi connectivity index (χ1) is 10.2. The predicted molar refractivity (Wildman–Crippen MR) is 79.6 cm³/mol. The Kier molecular flexibility index (Phi) is 5.29. The highest BCUT2D eigenvalue weighted by Crippen LogP contribution is 2.17. The predicted octanol–water partition coefficient (Wildman–Crippen LogP) is 2.51. The molecule has 2 aromatic rings. The molecule has 0 radical (unpaired) electrons. The molecule has 0 spiro atoms. The fourth-order valence-corrected chi connectivity index (χ4v) is 1.98. The fraction of sp³-hybridized carbons (Fsp3) is 0.250. The lowest BCUT2D eigenvalue weighted by Gasteiger charge is -2.15. The van der Waals surface area contributed by atoms with Crippen LogP contribution in [-0.2, 0) is 0 Å². The van der Waals surface area contributed by atoms with Gasteiger partial charge in [-0.05, 0) is 36.8 Å². The number of ether oxygens (including phenoxy) is 1. The molecule has 1 heterocycles. The van der Waals surface area contributed by atoms with Crippen LogP contribution < -0.4 is 10.1 Å². The molecule has 0 aliphatic carbocycles. The van der Waals surface area contributed by atoms with E-state index in [4.69, 9.17) is 9.84 Å². The van der Waals surface area contributed by atoms with Gasteiger partial charge in [-0.1, -0.05) is 12.1 Å². The van der Waals surface area contributed by atoms with Gasteiger partial charge < -0.3 is 15.2 Å². The summed E-state index contributed by atoms with van der Waals surface area (Å²) in [6.07, 6.45) is 3.51. The minimum atomic E-state index is -0.983. The van der Waals surface area contributed by atoms with Crippen molar-refractivity contribution in [2.75, 3.05) is 13.2 Å². The topological polar surface area (TPSA) is 71.5 Å².